The number of rotatable bonds is 3. The molecule has 3 aromatic rings. The van der Waals surface area contributed by atoms with Gasteiger partial charge in [0.15, 0.2) is 11.6 Å². The number of thiocarbonyl (C=S) groups is 1. The van der Waals surface area contributed by atoms with Gasteiger partial charge < -0.3 is 20.1 Å². The summed E-state index contributed by atoms with van der Waals surface area (Å²) < 4.78 is 40.8. The largest absolute Gasteiger partial charge is 0.573 e. The Kier molecular flexibility index (Phi) is 5.00. The minimum Gasteiger partial charge on any atom is -0.504 e. The summed E-state index contributed by atoms with van der Waals surface area (Å²) in [5.41, 5.74) is 2.18. The Balaban J connectivity index is 1.78. The van der Waals surface area contributed by atoms with E-state index in [1.54, 1.807) is 0 Å². The number of aromatic hydroxyl groups is 1. The van der Waals surface area contributed by atoms with E-state index in [2.05, 4.69) is 25.3 Å². The number of alkyl halides is 3. The lowest BCUT2D eigenvalue weighted by atomic mass is 10.2. The third kappa shape index (κ3) is 4.73. The van der Waals surface area contributed by atoms with E-state index in [0.29, 0.717) is 5.52 Å². The molecule has 2 aromatic carbocycles. The highest BCUT2D eigenvalue weighted by Crippen LogP contribution is 2.37. The van der Waals surface area contributed by atoms with Crippen LogP contribution in [-0.4, -0.2) is 21.6 Å². The number of aromatic amines is 1. The summed E-state index contributed by atoms with van der Waals surface area (Å²) in [6.45, 7) is 1.95. The summed E-state index contributed by atoms with van der Waals surface area (Å²) in [6.07, 6.45) is -4.82. The molecule has 27 heavy (non-hydrogen) atoms. The molecule has 3 rings (SSSR count). The summed E-state index contributed by atoms with van der Waals surface area (Å²) in [4.78, 5) is 2.75. The third-order valence-electron chi connectivity index (χ3n) is 3.50. The van der Waals surface area contributed by atoms with Crippen LogP contribution in [0.1, 0.15) is 5.56 Å². The summed E-state index contributed by atoms with van der Waals surface area (Å²) >= 11 is 5.06. The number of benzene rings is 2. The average molecular weight is 394 g/mol. The van der Waals surface area contributed by atoms with Crippen molar-refractivity contribution in [2.45, 2.75) is 13.3 Å². The van der Waals surface area contributed by atoms with Crippen molar-refractivity contribution in [3.05, 3.63) is 48.0 Å². The smallest absolute Gasteiger partial charge is 0.504 e. The lowest BCUT2D eigenvalue weighted by Gasteiger charge is -2.08. The Bertz CT molecular complexity index is 1010. The Hall–Kier alpha value is -3.14. The zero-order valence-corrected chi connectivity index (χ0v) is 14.6. The van der Waals surface area contributed by atoms with Crippen LogP contribution in [0.15, 0.2) is 52.7 Å². The van der Waals surface area contributed by atoms with Gasteiger partial charge in [0.1, 0.15) is 5.75 Å². The maximum absolute atomic E-state index is 12.3. The van der Waals surface area contributed by atoms with Gasteiger partial charge in [0.25, 0.3) is 0 Å². The summed E-state index contributed by atoms with van der Waals surface area (Å²) in [6, 6.07) is 10.9. The molecule has 1 aromatic heterocycles. The molecule has 0 amide bonds. The molecule has 0 spiro atoms. The van der Waals surface area contributed by atoms with Gasteiger partial charge in [-0.2, -0.15) is 0 Å². The number of hydrogen-bond donors (Lipinski definition) is 3. The minimum absolute atomic E-state index is 0.0396. The van der Waals surface area contributed by atoms with E-state index in [9.17, 15) is 18.3 Å². The van der Waals surface area contributed by atoms with Crippen molar-refractivity contribution in [2.75, 3.05) is 5.32 Å². The highest BCUT2D eigenvalue weighted by molar-refractivity contribution is 7.80. The number of halogens is 3. The van der Waals surface area contributed by atoms with Crippen LogP contribution in [0.25, 0.3) is 10.9 Å². The highest BCUT2D eigenvalue weighted by Gasteiger charge is 2.31. The Labute approximate surface area is 156 Å². The number of aromatic nitrogens is 1. The number of aryl methyl sites for hydroxylation is 1. The van der Waals surface area contributed by atoms with Crippen LogP contribution in [-0.2, 0) is 0 Å². The number of anilines is 1. The number of nitrogens with zero attached hydrogens (tertiary/aromatic N) is 2. The van der Waals surface area contributed by atoms with Crippen LogP contribution in [0.4, 0.5) is 24.7 Å². The lowest BCUT2D eigenvalue weighted by Crippen LogP contribution is -2.16. The van der Waals surface area contributed by atoms with Gasteiger partial charge in [-0.15, -0.1) is 23.4 Å². The lowest BCUT2D eigenvalue weighted by molar-refractivity contribution is -0.274. The van der Waals surface area contributed by atoms with Crippen molar-refractivity contribution in [1.29, 1.82) is 0 Å². The number of nitrogens with one attached hydrogen (secondary N) is 2. The van der Waals surface area contributed by atoms with Crippen LogP contribution < -0.4 is 10.1 Å². The molecule has 0 unspecified atom stereocenters. The predicted molar refractivity (Wildman–Crippen MR) is 98.6 cm³/mol. The summed E-state index contributed by atoms with van der Waals surface area (Å²) in [5, 5.41) is 20.8. The molecule has 0 aliphatic heterocycles. The van der Waals surface area contributed by atoms with Crippen LogP contribution >= 0.6 is 12.2 Å². The van der Waals surface area contributed by atoms with Gasteiger partial charge in [0, 0.05) is 11.1 Å². The van der Waals surface area contributed by atoms with E-state index in [1.807, 2.05) is 31.2 Å². The number of fused-ring (bicyclic) bond motifs is 1. The van der Waals surface area contributed by atoms with E-state index in [-0.39, 0.29) is 22.1 Å². The molecule has 140 valence electrons. The van der Waals surface area contributed by atoms with Crippen LogP contribution in [0.2, 0.25) is 0 Å². The van der Waals surface area contributed by atoms with Gasteiger partial charge in [-0.05, 0) is 49.5 Å². The molecular formula is C17H13F3N4O2S. The number of H-pyrrole nitrogens is 1. The maximum Gasteiger partial charge on any atom is 0.573 e. The van der Waals surface area contributed by atoms with Crippen molar-refractivity contribution in [3.63, 3.8) is 0 Å². The van der Waals surface area contributed by atoms with E-state index >= 15 is 0 Å². The van der Waals surface area contributed by atoms with E-state index in [4.69, 9.17) is 12.2 Å². The first-order valence-electron chi connectivity index (χ1n) is 7.61. The summed E-state index contributed by atoms with van der Waals surface area (Å²) in [7, 11) is 0. The van der Waals surface area contributed by atoms with Crippen LogP contribution in [0.3, 0.4) is 0 Å². The SMILES string of the molecule is Cc1ccc(NC(=S)N=Nc2[nH]c3ccc(OC(F)(F)F)cc3c2O)cc1. The molecule has 0 fully saturated rings. The van der Waals surface area contributed by atoms with Gasteiger partial charge in [-0.1, -0.05) is 17.7 Å². The second-order valence-corrected chi connectivity index (χ2v) is 5.96. The molecule has 10 heteroatoms. The molecule has 0 bridgehead atoms. The molecule has 0 radical (unpaired) electrons. The number of hydrogen-bond acceptors (Lipinski definition) is 4. The van der Waals surface area contributed by atoms with E-state index in [1.165, 1.54) is 6.07 Å². The van der Waals surface area contributed by atoms with Gasteiger partial charge >= 0.3 is 6.36 Å². The Morgan fingerprint density at radius 1 is 1.19 bits per heavy atom. The third-order valence-corrected chi connectivity index (χ3v) is 3.68. The molecule has 0 atom stereocenters. The second-order valence-electron chi connectivity index (χ2n) is 5.57. The van der Waals surface area contributed by atoms with Gasteiger partial charge in [-0.3, -0.25) is 0 Å². The first-order chi connectivity index (χ1) is 12.7. The van der Waals surface area contributed by atoms with E-state index in [0.717, 1.165) is 23.4 Å². The first kappa shape index (κ1) is 18.6. The monoisotopic (exact) mass is 394 g/mol. The van der Waals surface area contributed by atoms with Crippen molar-refractivity contribution >= 4 is 39.7 Å². The molecule has 0 saturated heterocycles. The average Bonchev–Trinajstić information content (AvgIpc) is 2.90. The molecule has 1 heterocycles. The zero-order valence-electron chi connectivity index (χ0n) is 13.8. The van der Waals surface area contributed by atoms with Crippen molar-refractivity contribution in [1.82, 2.24) is 4.98 Å². The molecule has 0 aliphatic carbocycles. The highest BCUT2D eigenvalue weighted by atomic mass is 32.1. The van der Waals surface area contributed by atoms with Gasteiger partial charge in [-0.25, -0.2) is 0 Å². The van der Waals surface area contributed by atoms with Gasteiger partial charge in [0.2, 0.25) is 5.11 Å². The maximum atomic E-state index is 12.3. The Morgan fingerprint density at radius 2 is 1.89 bits per heavy atom. The Morgan fingerprint density at radius 3 is 2.56 bits per heavy atom. The van der Waals surface area contributed by atoms with Crippen LogP contribution in [0.5, 0.6) is 11.5 Å². The second kappa shape index (κ2) is 7.23. The fourth-order valence-electron chi connectivity index (χ4n) is 2.29. The molecule has 6 nitrogen and oxygen atoms in total. The topological polar surface area (TPSA) is 82.0 Å². The molecular weight excluding hydrogens is 381 g/mol. The summed E-state index contributed by atoms with van der Waals surface area (Å²) in [5.74, 6) is -0.855. The minimum atomic E-state index is -4.82. The van der Waals surface area contributed by atoms with Crippen molar-refractivity contribution < 1.29 is 23.0 Å². The number of ether oxygens (including phenoxy) is 1. The zero-order chi connectivity index (χ0) is 19.6. The van der Waals surface area contributed by atoms with Gasteiger partial charge in [0.05, 0.1) is 5.52 Å². The quantitative estimate of drug-likeness (QED) is 0.401. The normalized spacial score (nSPS) is 11.9. The fraction of sp³-hybridized carbons (Fsp3) is 0.118. The van der Waals surface area contributed by atoms with E-state index < -0.39 is 12.1 Å². The molecule has 3 N–H and O–H groups in total. The predicted octanol–water partition coefficient (Wildman–Crippen LogP) is 5.56. The fourth-order valence-corrected chi connectivity index (χ4v) is 2.45. The standard InChI is InChI=1S/C17H13F3N4O2S/c1-9-2-4-10(5-3-9)21-16(27)24-23-15-14(25)12-8-11(26-17(18,19)20)6-7-13(12)22-15/h2-8,22,25H,1H3,(H,21,27). The van der Waals surface area contributed by atoms with Crippen molar-refractivity contribution in [2.24, 2.45) is 10.2 Å². The first-order valence-corrected chi connectivity index (χ1v) is 8.02. The molecule has 0 aliphatic rings. The van der Waals surface area contributed by atoms with Crippen molar-refractivity contribution in [3.8, 4) is 11.5 Å². The number of azo groups is 1. The van der Waals surface area contributed by atoms with Crippen LogP contribution in [0, 0.1) is 6.92 Å². The molecule has 0 saturated carbocycles.